The van der Waals surface area contributed by atoms with Gasteiger partial charge < -0.3 is 4.57 Å². The van der Waals surface area contributed by atoms with E-state index in [0.717, 1.165) is 37.9 Å². The van der Waals surface area contributed by atoms with Gasteiger partial charge >= 0.3 is 6.09 Å². The van der Waals surface area contributed by atoms with Crippen LogP contribution in [0.3, 0.4) is 0 Å². The number of hydrogen-bond donors (Lipinski definition) is 1. The standard InChI is InChI=1S/C17H19ClN4O2/c18-14-5-7-15(8-6-14)20-17(23)24-21-16-4-2-1-3-13(16)11-22-10-9-19-12-22/h5-10,12-13H,1-4,11H2,(H,20,23)/b21-16-/t13-/m1/s1. The lowest BCUT2D eigenvalue weighted by molar-refractivity contribution is 0.164. The fourth-order valence-corrected chi connectivity index (χ4v) is 2.93. The van der Waals surface area contributed by atoms with E-state index in [1.807, 2.05) is 10.8 Å². The Kier molecular flexibility index (Phi) is 5.48. The van der Waals surface area contributed by atoms with E-state index in [0.29, 0.717) is 10.7 Å². The molecule has 1 aromatic carbocycles. The molecule has 1 heterocycles. The van der Waals surface area contributed by atoms with Crippen LogP contribution in [0.25, 0.3) is 0 Å². The first-order chi connectivity index (χ1) is 11.7. The van der Waals surface area contributed by atoms with Crippen molar-refractivity contribution in [3.63, 3.8) is 0 Å². The largest absolute Gasteiger partial charge is 0.437 e. The third kappa shape index (κ3) is 4.58. The Morgan fingerprint density at radius 3 is 2.96 bits per heavy atom. The van der Waals surface area contributed by atoms with Crippen molar-refractivity contribution in [2.24, 2.45) is 11.1 Å². The lowest BCUT2D eigenvalue weighted by Gasteiger charge is -2.23. The van der Waals surface area contributed by atoms with Gasteiger partial charge in [0.1, 0.15) is 0 Å². The monoisotopic (exact) mass is 346 g/mol. The summed E-state index contributed by atoms with van der Waals surface area (Å²) < 4.78 is 2.03. The van der Waals surface area contributed by atoms with Crippen LogP contribution in [-0.4, -0.2) is 21.4 Å². The van der Waals surface area contributed by atoms with Crippen LogP contribution in [0, 0.1) is 5.92 Å². The molecule has 1 aromatic heterocycles. The van der Waals surface area contributed by atoms with Crippen LogP contribution in [-0.2, 0) is 11.4 Å². The van der Waals surface area contributed by atoms with Crippen LogP contribution in [0.1, 0.15) is 25.7 Å². The topological polar surface area (TPSA) is 68.5 Å². The summed E-state index contributed by atoms with van der Waals surface area (Å²) in [5, 5.41) is 7.34. The van der Waals surface area contributed by atoms with Crippen molar-refractivity contribution in [2.75, 3.05) is 5.32 Å². The van der Waals surface area contributed by atoms with Crippen LogP contribution >= 0.6 is 11.6 Å². The second-order valence-corrected chi connectivity index (χ2v) is 6.23. The van der Waals surface area contributed by atoms with E-state index >= 15 is 0 Å². The second kappa shape index (κ2) is 7.97. The van der Waals surface area contributed by atoms with Gasteiger partial charge in [-0.2, -0.15) is 0 Å². The van der Waals surface area contributed by atoms with Crippen LogP contribution in [0.15, 0.2) is 48.1 Å². The summed E-state index contributed by atoms with van der Waals surface area (Å²) in [7, 11) is 0. The van der Waals surface area contributed by atoms with E-state index in [2.05, 4.69) is 15.5 Å². The smallest absolute Gasteiger partial charge is 0.337 e. The number of hydrogen-bond acceptors (Lipinski definition) is 4. The van der Waals surface area contributed by atoms with Crippen molar-refractivity contribution in [1.29, 1.82) is 0 Å². The van der Waals surface area contributed by atoms with Gasteiger partial charge in [-0.25, -0.2) is 9.78 Å². The molecule has 7 heteroatoms. The van der Waals surface area contributed by atoms with Crippen molar-refractivity contribution >= 4 is 29.1 Å². The Bertz CT molecular complexity index is 698. The third-order valence-corrected chi connectivity index (χ3v) is 4.29. The number of oxime groups is 1. The van der Waals surface area contributed by atoms with E-state index < -0.39 is 6.09 Å². The molecule has 1 amide bonds. The number of rotatable bonds is 4. The zero-order valence-electron chi connectivity index (χ0n) is 13.2. The number of carbonyl (C=O) groups excluding carboxylic acids is 1. The third-order valence-electron chi connectivity index (χ3n) is 4.03. The summed E-state index contributed by atoms with van der Waals surface area (Å²) in [6.07, 6.45) is 9.01. The molecule has 0 unspecified atom stereocenters. The van der Waals surface area contributed by atoms with Gasteiger partial charge in [-0.1, -0.05) is 23.2 Å². The highest BCUT2D eigenvalue weighted by Gasteiger charge is 2.22. The molecule has 6 nitrogen and oxygen atoms in total. The number of halogens is 1. The van der Waals surface area contributed by atoms with Crippen LogP contribution in [0.4, 0.5) is 10.5 Å². The van der Waals surface area contributed by atoms with Gasteiger partial charge in [-0.3, -0.25) is 10.2 Å². The van der Waals surface area contributed by atoms with Gasteiger partial charge in [0.25, 0.3) is 0 Å². The molecule has 3 rings (SSSR count). The Labute approximate surface area is 145 Å². The van der Waals surface area contributed by atoms with Crippen LogP contribution < -0.4 is 5.32 Å². The maximum Gasteiger partial charge on any atom is 0.437 e. The summed E-state index contributed by atoms with van der Waals surface area (Å²) in [5.74, 6) is 0.274. The number of anilines is 1. The minimum atomic E-state index is -0.600. The number of amides is 1. The predicted octanol–water partition coefficient (Wildman–Crippen LogP) is 4.33. The normalized spacial score (nSPS) is 19.2. The quantitative estimate of drug-likeness (QED) is 0.661. The van der Waals surface area contributed by atoms with Gasteiger partial charge in [0.2, 0.25) is 0 Å². The zero-order valence-corrected chi connectivity index (χ0v) is 13.9. The van der Waals surface area contributed by atoms with Gasteiger partial charge in [-0.05, 0) is 43.5 Å². The Hall–Kier alpha value is -2.34. The van der Waals surface area contributed by atoms with Crippen molar-refractivity contribution in [2.45, 2.75) is 32.2 Å². The summed E-state index contributed by atoms with van der Waals surface area (Å²) >= 11 is 5.81. The maximum atomic E-state index is 11.9. The number of nitrogens with zero attached hydrogens (tertiary/aromatic N) is 3. The zero-order chi connectivity index (χ0) is 16.8. The summed E-state index contributed by atoms with van der Waals surface area (Å²) in [6, 6.07) is 6.81. The minimum Gasteiger partial charge on any atom is -0.337 e. The Morgan fingerprint density at radius 1 is 1.38 bits per heavy atom. The molecule has 0 aliphatic heterocycles. The lowest BCUT2D eigenvalue weighted by Crippen LogP contribution is -2.25. The average molecular weight is 347 g/mol. The molecule has 1 fully saturated rings. The molecule has 0 radical (unpaired) electrons. The predicted molar refractivity (Wildman–Crippen MR) is 93.2 cm³/mol. The summed E-state index contributed by atoms with van der Waals surface area (Å²) in [6.45, 7) is 0.807. The number of carbonyl (C=O) groups is 1. The minimum absolute atomic E-state index is 0.274. The highest BCUT2D eigenvalue weighted by atomic mass is 35.5. The van der Waals surface area contributed by atoms with E-state index in [9.17, 15) is 4.79 Å². The first-order valence-corrected chi connectivity index (χ1v) is 8.34. The lowest BCUT2D eigenvalue weighted by atomic mass is 9.87. The summed E-state index contributed by atoms with van der Waals surface area (Å²) in [5.41, 5.74) is 1.55. The van der Waals surface area contributed by atoms with E-state index in [1.165, 1.54) is 0 Å². The molecule has 1 N–H and O–H groups in total. The molecular weight excluding hydrogens is 328 g/mol. The van der Waals surface area contributed by atoms with Crippen molar-refractivity contribution < 1.29 is 9.63 Å². The van der Waals surface area contributed by atoms with Crippen molar-refractivity contribution in [1.82, 2.24) is 9.55 Å². The van der Waals surface area contributed by atoms with Gasteiger partial charge in [0.05, 0.1) is 12.0 Å². The first-order valence-electron chi connectivity index (χ1n) is 7.97. The number of imidazole rings is 1. The molecule has 126 valence electrons. The molecule has 0 saturated heterocycles. The number of aromatic nitrogens is 2. The average Bonchev–Trinajstić information content (AvgIpc) is 3.09. The molecular formula is C17H19ClN4O2. The first kappa shape index (κ1) is 16.5. The molecule has 24 heavy (non-hydrogen) atoms. The Morgan fingerprint density at radius 2 is 2.21 bits per heavy atom. The maximum absolute atomic E-state index is 11.9. The molecule has 2 aromatic rings. The van der Waals surface area contributed by atoms with Gasteiger partial charge in [0.15, 0.2) is 0 Å². The highest BCUT2D eigenvalue weighted by Crippen LogP contribution is 2.23. The van der Waals surface area contributed by atoms with Gasteiger partial charge in [0, 0.05) is 35.6 Å². The molecule has 1 atom stereocenters. The van der Waals surface area contributed by atoms with E-state index in [-0.39, 0.29) is 5.92 Å². The van der Waals surface area contributed by atoms with Crippen LogP contribution in [0.2, 0.25) is 5.02 Å². The molecule has 0 bridgehead atoms. The fraction of sp³-hybridized carbons (Fsp3) is 0.353. The van der Waals surface area contributed by atoms with E-state index in [1.54, 1.807) is 36.8 Å². The number of benzene rings is 1. The molecule has 1 aliphatic rings. The van der Waals surface area contributed by atoms with Crippen molar-refractivity contribution in [3.8, 4) is 0 Å². The SMILES string of the molecule is O=C(Nc1ccc(Cl)cc1)O/N=C1/CCCC[C@@H]1Cn1ccnc1. The molecule has 1 aliphatic carbocycles. The Balaban J connectivity index is 1.58. The van der Waals surface area contributed by atoms with Crippen LogP contribution in [0.5, 0.6) is 0 Å². The highest BCUT2D eigenvalue weighted by molar-refractivity contribution is 6.30. The van der Waals surface area contributed by atoms with E-state index in [4.69, 9.17) is 16.4 Å². The fourth-order valence-electron chi connectivity index (χ4n) is 2.81. The summed E-state index contributed by atoms with van der Waals surface area (Å²) in [4.78, 5) is 21.0. The molecule has 1 saturated carbocycles. The number of nitrogens with one attached hydrogen (secondary N) is 1. The second-order valence-electron chi connectivity index (χ2n) is 5.80. The molecule has 0 spiro atoms. The van der Waals surface area contributed by atoms with Crippen molar-refractivity contribution in [3.05, 3.63) is 48.0 Å². The van der Waals surface area contributed by atoms with Gasteiger partial charge in [-0.15, -0.1) is 0 Å².